The third kappa shape index (κ3) is 2.81. The van der Waals surface area contributed by atoms with Crippen LogP contribution in [0.3, 0.4) is 0 Å². The smallest absolute Gasteiger partial charge is 0.273 e. The highest BCUT2D eigenvalue weighted by atomic mass is 16.3. The molecule has 0 atom stereocenters. The quantitative estimate of drug-likeness (QED) is 0.805. The van der Waals surface area contributed by atoms with Crippen LogP contribution in [0.5, 0.6) is 5.75 Å². The number of benzene rings is 1. The van der Waals surface area contributed by atoms with Crippen LogP contribution in [0.1, 0.15) is 16.1 Å². The molecule has 0 radical (unpaired) electrons. The van der Waals surface area contributed by atoms with Crippen LogP contribution in [0.25, 0.3) is 0 Å². The van der Waals surface area contributed by atoms with Crippen molar-refractivity contribution in [3.8, 4) is 5.75 Å². The summed E-state index contributed by atoms with van der Waals surface area (Å²) in [4.78, 5) is 11.6. The first kappa shape index (κ1) is 11.1. The van der Waals surface area contributed by atoms with E-state index < -0.39 is 0 Å². The van der Waals surface area contributed by atoms with Crippen molar-refractivity contribution in [1.29, 1.82) is 0 Å². The Morgan fingerprint density at radius 1 is 1.41 bits per heavy atom. The van der Waals surface area contributed by atoms with Gasteiger partial charge in [0.15, 0.2) is 5.69 Å². The van der Waals surface area contributed by atoms with Gasteiger partial charge in [0, 0.05) is 13.6 Å². The first-order valence-corrected chi connectivity index (χ1v) is 5.07. The number of phenolic OH excluding ortho intramolecular Hbond substituents is 1. The van der Waals surface area contributed by atoms with Gasteiger partial charge in [-0.1, -0.05) is 17.3 Å². The van der Waals surface area contributed by atoms with E-state index in [0.29, 0.717) is 6.54 Å². The highest BCUT2D eigenvalue weighted by Gasteiger charge is 2.08. The van der Waals surface area contributed by atoms with Crippen LogP contribution in [0.15, 0.2) is 30.5 Å². The van der Waals surface area contributed by atoms with Crippen molar-refractivity contribution < 1.29 is 9.90 Å². The largest absolute Gasteiger partial charge is 0.508 e. The summed E-state index contributed by atoms with van der Waals surface area (Å²) in [5.74, 6) is -0.0693. The summed E-state index contributed by atoms with van der Waals surface area (Å²) in [5, 5.41) is 19.2. The maximum absolute atomic E-state index is 11.6. The fraction of sp³-hybridized carbons (Fsp3) is 0.182. The van der Waals surface area contributed by atoms with Crippen LogP contribution in [0.4, 0.5) is 0 Å². The first-order valence-electron chi connectivity index (χ1n) is 5.07. The third-order valence-corrected chi connectivity index (χ3v) is 2.22. The van der Waals surface area contributed by atoms with E-state index in [1.807, 2.05) is 0 Å². The summed E-state index contributed by atoms with van der Waals surface area (Å²) in [6.07, 6.45) is 1.55. The van der Waals surface area contributed by atoms with Gasteiger partial charge in [-0.3, -0.25) is 9.48 Å². The summed E-state index contributed by atoms with van der Waals surface area (Å²) in [7, 11) is 1.70. The topological polar surface area (TPSA) is 80.0 Å². The van der Waals surface area contributed by atoms with Crippen LogP contribution in [0, 0.1) is 0 Å². The second-order valence-corrected chi connectivity index (χ2v) is 3.63. The number of aryl methyl sites for hydroxylation is 1. The summed E-state index contributed by atoms with van der Waals surface area (Å²) in [6.45, 7) is 0.385. The second-order valence-electron chi connectivity index (χ2n) is 3.63. The zero-order valence-electron chi connectivity index (χ0n) is 9.29. The van der Waals surface area contributed by atoms with Gasteiger partial charge >= 0.3 is 0 Å². The lowest BCUT2D eigenvalue weighted by atomic mass is 10.2. The number of carbonyl (C=O) groups excluding carboxylic acids is 1. The molecule has 0 aliphatic rings. The van der Waals surface area contributed by atoms with E-state index in [4.69, 9.17) is 5.11 Å². The Kier molecular flexibility index (Phi) is 3.04. The van der Waals surface area contributed by atoms with E-state index in [1.165, 1.54) is 4.68 Å². The number of hydrogen-bond acceptors (Lipinski definition) is 4. The average molecular weight is 232 g/mol. The van der Waals surface area contributed by atoms with Crippen molar-refractivity contribution in [2.75, 3.05) is 0 Å². The molecule has 2 aromatic rings. The fourth-order valence-corrected chi connectivity index (χ4v) is 1.34. The molecule has 0 aliphatic carbocycles. The minimum Gasteiger partial charge on any atom is -0.508 e. The monoisotopic (exact) mass is 232 g/mol. The lowest BCUT2D eigenvalue weighted by Crippen LogP contribution is -2.23. The highest BCUT2D eigenvalue weighted by molar-refractivity contribution is 5.91. The maximum Gasteiger partial charge on any atom is 0.273 e. The van der Waals surface area contributed by atoms with Gasteiger partial charge < -0.3 is 10.4 Å². The molecular formula is C11H12N4O2. The van der Waals surface area contributed by atoms with E-state index in [9.17, 15) is 4.79 Å². The van der Waals surface area contributed by atoms with Crippen molar-refractivity contribution in [1.82, 2.24) is 20.3 Å². The number of carbonyl (C=O) groups is 1. The van der Waals surface area contributed by atoms with Crippen LogP contribution in [-0.2, 0) is 13.6 Å². The lowest BCUT2D eigenvalue weighted by Gasteiger charge is -2.02. The van der Waals surface area contributed by atoms with Gasteiger partial charge in [-0.05, 0) is 17.7 Å². The SMILES string of the molecule is Cn1cc(C(=O)NCc2ccc(O)cc2)nn1. The molecule has 2 rings (SSSR count). The molecule has 0 unspecified atom stereocenters. The molecule has 2 N–H and O–H groups in total. The van der Waals surface area contributed by atoms with Gasteiger partial charge in [0.25, 0.3) is 5.91 Å². The predicted molar refractivity (Wildman–Crippen MR) is 60.3 cm³/mol. The van der Waals surface area contributed by atoms with Gasteiger partial charge in [0.1, 0.15) is 5.75 Å². The highest BCUT2D eigenvalue weighted by Crippen LogP contribution is 2.09. The van der Waals surface area contributed by atoms with E-state index in [1.54, 1.807) is 37.5 Å². The molecule has 1 amide bonds. The van der Waals surface area contributed by atoms with Crippen molar-refractivity contribution in [2.24, 2.45) is 7.05 Å². The summed E-state index contributed by atoms with van der Waals surface area (Å²) >= 11 is 0. The molecule has 0 spiro atoms. The van der Waals surface area contributed by atoms with Gasteiger partial charge in [-0.15, -0.1) is 5.10 Å². The number of aromatic nitrogens is 3. The molecule has 1 aromatic carbocycles. The van der Waals surface area contributed by atoms with Crippen LogP contribution < -0.4 is 5.32 Å². The van der Waals surface area contributed by atoms with Gasteiger partial charge in [-0.25, -0.2) is 0 Å². The average Bonchev–Trinajstić information content (AvgIpc) is 2.75. The Balaban J connectivity index is 1.94. The molecule has 6 heteroatoms. The van der Waals surface area contributed by atoms with Crippen molar-refractivity contribution >= 4 is 5.91 Å². The number of amides is 1. The molecule has 17 heavy (non-hydrogen) atoms. The zero-order chi connectivity index (χ0) is 12.3. The van der Waals surface area contributed by atoms with Gasteiger partial charge in [-0.2, -0.15) is 0 Å². The first-order chi connectivity index (χ1) is 8.15. The van der Waals surface area contributed by atoms with E-state index >= 15 is 0 Å². The third-order valence-electron chi connectivity index (χ3n) is 2.22. The van der Waals surface area contributed by atoms with Gasteiger partial charge in [0.2, 0.25) is 0 Å². The Labute approximate surface area is 97.9 Å². The molecular weight excluding hydrogens is 220 g/mol. The summed E-state index contributed by atoms with van der Waals surface area (Å²) in [6, 6.07) is 6.63. The molecule has 1 aromatic heterocycles. The van der Waals surface area contributed by atoms with Gasteiger partial charge in [0.05, 0.1) is 6.20 Å². The second kappa shape index (κ2) is 4.65. The van der Waals surface area contributed by atoms with Crippen molar-refractivity contribution in [3.05, 3.63) is 41.7 Å². The Morgan fingerprint density at radius 3 is 2.71 bits per heavy atom. The van der Waals surface area contributed by atoms with E-state index in [2.05, 4.69) is 15.6 Å². The number of hydrogen-bond donors (Lipinski definition) is 2. The molecule has 1 heterocycles. The van der Waals surface area contributed by atoms with Crippen molar-refractivity contribution in [3.63, 3.8) is 0 Å². The standard InChI is InChI=1S/C11H12N4O2/c1-15-7-10(13-14-15)11(17)12-6-8-2-4-9(16)5-3-8/h2-5,7,16H,6H2,1H3,(H,12,17). The molecule has 0 fully saturated rings. The molecule has 0 saturated heterocycles. The summed E-state index contributed by atoms with van der Waals surface area (Å²) in [5.41, 5.74) is 1.19. The van der Waals surface area contributed by atoms with E-state index in [0.717, 1.165) is 5.56 Å². The normalized spacial score (nSPS) is 10.2. The van der Waals surface area contributed by atoms with Crippen molar-refractivity contribution in [2.45, 2.75) is 6.54 Å². The Bertz CT molecular complexity index is 519. The van der Waals surface area contributed by atoms with Crippen LogP contribution in [-0.4, -0.2) is 26.0 Å². The number of nitrogens with zero attached hydrogens (tertiary/aromatic N) is 3. The number of rotatable bonds is 3. The molecule has 88 valence electrons. The number of phenols is 1. The summed E-state index contributed by atoms with van der Waals surface area (Å²) < 4.78 is 1.47. The Morgan fingerprint density at radius 2 is 2.12 bits per heavy atom. The van der Waals surface area contributed by atoms with Crippen LogP contribution >= 0.6 is 0 Å². The fourth-order valence-electron chi connectivity index (χ4n) is 1.34. The molecule has 0 saturated carbocycles. The molecule has 0 aliphatic heterocycles. The lowest BCUT2D eigenvalue weighted by molar-refractivity contribution is 0.0946. The Hall–Kier alpha value is -2.37. The molecule has 0 bridgehead atoms. The minimum atomic E-state index is -0.272. The maximum atomic E-state index is 11.6. The predicted octanol–water partition coefficient (Wildman–Crippen LogP) is 0.451. The van der Waals surface area contributed by atoms with E-state index in [-0.39, 0.29) is 17.4 Å². The zero-order valence-corrected chi connectivity index (χ0v) is 9.29. The van der Waals surface area contributed by atoms with Crippen LogP contribution in [0.2, 0.25) is 0 Å². The minimum absolute atomic E-state index is 0.203. The number of aromatic hydroxyl groups is 1. The molecule has 6 nitrogen and oxygen atoms in total. The number of nitrogens with one attached hydrogen (secondary N) is 1.